The Kier molecular flexibility index (Phi) is 3.88. The third-order valence-electron chi connectivity index (χ3n) is 3.71. The van der Waals surface area contributed by atoms with Gasteiger partial charge in [0.1, 0.15) is 5.82 Å². The highest BCUT2D eigenvalue weighted by Gasteiger charge is 2.14. The molecule has 2 aromatic rings. The van der Waals surface area contributed by atoms with E-state index in [1.54, 1.807) is 0 Å². The van der Waals surface area contributed by atoms with Crippen molar-refractivity contribution in [2.24, 2.45) is 0 Å². The standard InChI is InChI=1S/C16H18ClN3/c1-12-5-7-13(8-6-12)14-11-15(19-16(17)18-14)20-9-3-2-4-10-20/h5-8,11H,2-4,9-10H2,1H3. The van der Waals surface area contributed by atoms with Gasteiger partial charge in [-0.25, -0.2) is 9.97 Å². The number of piperidine rings is 1. The first-order valence-corrected chi connectivity index (χ1v) is 7.47. The van der Waals surface area contributed by atoms with E-state index in [9.17, 15) is 0 Å². The number of aromatic nitrogens is 2. The van der Waals surface area contributed by atoms with Gasteiger partial charge in [0.05, 0.1) is 5.69 Å². The van der Waals surface area contributed by atoms with Crippen molar-refractivity contribution in [2.45, 2.75) is 26.2 Å². The summed E-state index contributed by atoms with van der Waals surface area (Å²) in [7, 11) is 0. The van der Waals surface area contributed by atoms with E-state index in [1.165, 1.54) is 24.8 Å². The molecule has 0 spiro atoms. The van der Waals surface area contributed by atoms with Crippen LogP contribution in [0.3, 0.4) is 0 Å². The molecule has 0 aliphatic carbocycles. The van der Waals surface area contributed by atoms with E-state index in [2.05, 4.69) is 46.1 Å². The zero-order valence-corrected chi connectivity index (χ0v) is 12.4. The van der Waals surface area contributed by atoms with E-state index in [1.807, 2.05) is 6.07 Å². The molecule has 0 saturated carbocycles. The molecule has 1 aromatic carbocycles. The zero-order chi connectivity index (χ0) is 13.9. The highest BCUT2D eigenvalue weighted by atomic mass is 35.5. The Balaban J connectivity index is 1.95. The van der Waals surface area contributed by atoms with Crippen LogP contribution < -0.4 is 4.90 Å². The molecule has 3 nitrogen and oxygen atoms in total. The van der Waals surface area contributed by atoms with E-state index in [0.29, 0.717) is 5.28 Å². The van der Waals surface area contributed by atoms with Crippen molar-refractivity contribution in [3.05, 3.63) is 41.2 Å². The summed E-state index contributed by atoms with van der Waals surface area (Å²) in [6.45, 7) is 4.19. The molecule has 1 aromatic heterocycles. The molecule has 1 saturated heterocycles. The van der Waals surface area contributed by atoms with Gasteiger partial charge in [-0.05, 0) is 37.8 Å². The number of hydrogen-bond donors (Lipinski definition) is 0. The van der Waals surface area contributed by atoms with Crippen LogP contribution in [0.4, 0.5) is 5.82 Å². The smallest absolute Gasteiger partial charge is 0.224 e. The summed E-state index contributed by atoms with van der Waals surface area (Å²) in [5.41, 5.74) is 3.22. The maximum absolute atomic E-state index is 6.10. The summed E-state index contributed by atoms with van der Waals surface area (Å²) in [6.07, 6.45) is 3.75. The number of rotatable bonds is 2. The van der Waals surface area contributed by atoms with Gasteiger partial charge in [0, 0.05) is 24.7 Å². The number of hydrogen-bond acceptors (Lipinski definition) is 3. The number of halogens is 1. The van der Waals surface area contributed by atoms with Crippen molar-refractivity contribution in [1.82, 2.24) is 9.97 Å². The minimum Gasteiger partial charge on any atom is -0.356 e. The summed E-state index contributed by atoms with van der Waals surface area (Å²) in [5.74, 6) is 0.945. The predicted molar refractivity (Wildman–Crippen MR) is 83.3 cm³/mol. The van der Waals surface area contributed by atoms with Gasteiger partial charge in [0.2, 0.25) is 5.28 Å². The molecule has 20 heavy (non-hydrogen) atoms. The van der Waals surface area contributed by atoms with Gasteiger partial charge in [0.15, 0.2) is 0 Å². The normalized spacial score (nSPS) is 15.4. The summed E-state index contributed by atoms with van der Waals surface area (Å²) in [5, 5.41) is 0.323. The topological polar surface area (TPSA) is 29.0 Å². The molecular formula is C16H18ClN3. The minimum absolute atomic E-state index is 0.323. The fourth-order valence-electron chi connectivity index (χ4n) is 2.56. The van der Waals surface area contributed by atoms with Crippen LogP contribution in [0.25, 0.3) is 11.3 Å². The third kappa shape index (κ3) is 2.93. The number of nitrogens with zero attached hydrogens (tertiary/aromatic N) is 3. The van der Waals surface area contributed by atoms with Gasteiger partial charge in [0.25, 0.3) is 0 Å². The van der Waals surface area contributed by atoms with Crippen LogP contribution in [0.1, 0.15) is 24.8 Å². The predicted octanol–water partition coefficient (Wildman–Crippen LogP) is 4.10. The third-order valence-corrected chi connectivity index (χ3v) is 3.88. The highest BCUT2D eigenvalue weighted by Crippen LogP contribution is 2.25. The Hall–Kier alpha value is -1.61. The van der Waals surface area contributed by atoms with Crippen molar-refractivity contribution in [3.8, 4) is 11.3 Å². The lowest BCUT2D eigenvalue weighted by Gasteiger charge is -2.27. The number of anilines is 1. The van der Waals surface area contributed by atoms with E-state index < -0.39 is 0 Å². The molecule has 0 unspecified atom stereocenters. The average molecular weight is 288 g/mol. The van der Waals surface area contributed by atoms with Crippen molar-refractivity contribution >= 4 is 17.4 Å². The van der Waals surface area contributed by atoms with Gasteiger partial charge in [-0.2, -0.15) is 0 Å². The summed E-state index contributed by atoms with van der Waals surface area (Å²) in [4.78, 5) is 11.0. The van der Waals surface area contributed by atoms with Crippen LogP contribution in [-0.2, 0) is 0 Å². The minimum atomic E-state index is 0.323. The Bertz CT molecular complexity index is 589. The van der Waals surface area contributed by atoms with E-state index in [0.717, 1.165) is 30.2 Å². The first-order chi connectivity index (χ1) is 9.72. The van der Waals surface area contributed by atoms with Gasteiger partial charge in [-0.15, -0.1) is 0 Å². The second-order valence-electron chi connectivity index (χ2n) is 5.29. The maximum atomic E-state index is 6.10. The number of benzene rings is 1. The molecule has 104 valence electrons. The Morgan fingerprint density at radius 2 is 1.70 bits per heavy atom. The van der Waals surface area contributed by atoms with Gasteiger partial charge in [-0.1, -0.05) is 29.8 Å². The Morgan fingerprint density at radius 1 is 1.00 bits per heavy atom. The largest absolute Gasteiger partial charge is 0.356 e. The zero-order valence-electron chi connectivity index (χ0n) is 11.6. The van der Waals surface area contributed by atoms with Crippen LogP contribution in [0.15, 0.2) is 30.3 Å². The lowest BCUT2D eigenvalue weighted by molar-refractivity contribution is 0.573. The summed E-state index contributed by atoms with van der Waals surface area (Å²) < 4.78 is 0. The molecule has 0 radical (unpaired) electrons. The van der Waals surface area contributed by atoms with Crippen LogP contribution in [0.5, 0.6) is 0 Å². The monoisotopic (exact) mass is 287 g/mol. The molecule has 0 bridgehead atoms. The van der Waals surface area contributed by atoms with Crippen molar-refractivity contribution in [1.29, 1.82) is 0 Å². The highest BCUT2D eigenvalue weighted by molar-refractivity contribution is 6.28. The molecule has 1 aliphatic rings. The van der Waals surface area contributed by atoms with Gasteiger partial charge >= 0.3 is 0 Å². The average Bonchev–Trinajstić information content (AvgIpc) is 2.48. The molecule has 3 rings (SSSR count). The van der Waals surface area contributed by atoms with Crippen LogP contribution in [0, 0.1) is 6.92 Å². The van der Waals surface area contributed by atoms with Crippen molar-refractivity contribution in [2.75, 3.05) is 18.0 Å². The molecule has 1 aliphatic heterocycles. The van der Waals surface area contributed by atoms with Crippen molar-refractivity contribution in [3.63, 3.8) is 0 Å². The summed E-state index contributed by atoms with van der Waals surface area (Å²) in [6, 6.07) is 10.4. The first-order valence-electron chi connectivity index (χ1n) is 7.09. The van der Waals surface area contributed by atoms with Crippen molar-refractivity contribution < 1.29 is 0 Å². The molecule has 0 atom stereocenters. The molecular weight excluding hydrogens is 270 g/mol. The SMILES string of the molecule is Cc1ccc(-c2cc(N3CCCCC3)nc(Cl)n2)cc1. The second kappa shape index (κ2) is 5.80. The first kappa shape index (κ1) is 13.4. The Morgan fingerprint density at radius 3 is 2.40 bits per heavy atom. The molecule has 4 heteroatoms. The van der Waals surface area contributed by atoms with E-state index >= 15 is 0 Å². The van der Waals surface area contributed by atoms with E-state index in [-0.39, 0.29) is 0 Å². The molecule has 1 fully saturated rings. The summed E-state index contributed by atoms with van der Waals surface area (Å²) >= 11 is 6.10. The molecule has 0 amide bonds. The Labute approximate surface area is 124 Å². The lowest BCUT2D eigenvalue weighted by Crippen LogP contribution is -2.30. The number of aryl methyl sites for hydroxylation is 1. The van der Waals surface area contributed by atoms with Crippen LogP contribution in [0.2, 0.25) is 5.28 Å². The maximum Gasteiger partial charge on any atom is 0.224 e. The molecule has 0 N–H and O–H groups in total. The molecule has 2 heterocycles. The fraction of sp³-hybridized carbons (Fsp3) is 0.375. The van der Waals surface area contributed by atoms with Gasteiger partial charge in [-0.3, -0.25) is 0 Å². The lowest BCUT2D eigenvalue weighted by atomic mass is 10.1. The van der Waals surface area contributed by atoms with Crippen LogP contribution >= 0.6 is 11.6 Å². The fourth-order valence-corrected chi connectivity index (χ4v) is 2.74. The van der Waals surface area contributed by atoms with Gasteiger partial charge < -0.3 is 4.90 Å². The second-order valence-corrected chi connectivity index (χ2v) is 5.63. The van der Waals surface area contributed by atoms with E-state index in [4.69, 9.17) is 11.6 Å². The van der Waals surface area contributed by atoms with Crippen LogP contribution in [-0.4, -0.2) is 23.1 Å². The quantitative estimate of drug-likeness (QED) is 0.779.